The second kappa shape index (κ2) is 8.93. The number of benzene rings is 1. The fourth-order valence-electron chi connectivity index (χ4n) is 2.64. The van der Waals surface area contributed by atoms with Crippen molar-refractivity contribution in [1.29, 1.82) is 0 Å². The first-order chi connectivity index (χ1) is 11.2. The molecule has 5 nitrogen and oxygen atoms in total. The second-order valence-corrected chi connectivity index (χ2v) is 5.97. The Kier molecular flexibility index (Phi) is 6.92. The zero-order valence-corrected chi connectivity index (χ0v) is 15.2. The minimum absolute atomic E-state index is 0.637. The zero-order valence-electron chi connectivity index (χ0n) is 14.4. The molecule has 1 unspecified atom stereocenters. The minimum atomic E-state index is 0.637. The zero-order chi connectivity index (χ0) is 16.7. The second-order valence-electron chi connectivity index (χ2n) is 5.58. The van der Waals surface area contributed by atoms with Crippen molar-refractivity contribution in [3.05, 3.63) is 23.8 Å². The molecule has 1 heterocycles. The molecule has 0 saturated carbocycles. The Hall–Kier alpha value is -1.53. The van der Waals surface area contributed by atoms with Crippen molar-refractivity contribution in [3.63, 3.8) is 0 Å². The molecule has 0 spiro atoms. The van der Waals surface area contributed by atoms with E-state index in [-0.39, 0.29) is 0 Å². The van der Waals surface area contributed by atoms with Crippen molar-refractivity contribution < 1.29 is 14.4 Å². The van der Waals surface area contributed by atoms with Gasteiger partial charge >= 0.3 is 0 Å². The van der Waals surface area contributed by atoms with Gasteiger partial charge in [-0.2, -0.15) is 0 Å². The van der Waals surface area contributed by atoms with Gasteiger partial charge in [-0.3, -0.25) is 0 Å². The number of hydrogen-bond donors (Lipinski definition) is 2. The summed E-state index contributed by atoms with van der Waals surface area (Å²) in [5.41, 5.74) is 1.24. The van der Waals surface area contributed by atoms with Gasteiger partial charge in [0.15, 0.2) is 29.9 Å². The van der Waals surface area contributed by atoms with Crippen LogP contribution in [-0.2, 0) is 6.42 Å². The van der Waals surface area contributed by atoms with Gasteiger partial charge in [0.1, 0.15) is 0 Å². The number of quaternary nitrogens is 1. The van der Waals surface area contributed by atoms with Crippen molar-refractivity contribution >= 4 is 17.3 Å². The van der Waals surface area contributed by atoms with Crippen molar-refractivity contribution in [1.82, 2.24) is 10.2 Å². The average molecular weight is 338 g/mol. The Morgan fingerprint density at radius 2 is 1.91 bits per heavy atom. The minimum Gasteiger partial charge on any atom is -0.490 e. The fraction of sp³-hybridized carbons (Fsp3) is 0.588. The van der Waals surface area contributed by atoms with Crippen molar-refractivity contribution in [2.24, 2.45) is 0 Å². The number of hydrogen-bond acceptors (Lipinski definition) is 3. The van der Waals surface area contributed by atoms with Gasteiger partial charge < -0.3 is 24.6 Å². The Labute approximate surface area is 144 Å². The van der Waals surface area contributed by atoms with Crippen LogP contribution in [0, 0.1) is 0 Å². The van der Waals surface area contributed by atoms with E-state index in [1.165, 1.54) is 10.5 Å². The molecule has 1 saturated heterocycles. The van der Waals surface area contributed by atoms with Crippen LogP contribution in [0.2, 0.25) is 0 Å². The van der Waals surface area contributed by atoms with Crippen LogP contribution < -0.4 is 19.7 Å². The number of nitrogens with one attached hydrogen (secondary N) is 2. The van der Waals surface area contributed by atoms with Gasteiger partial charge in [-0.1, -0.05) is 6.07 Å². The Balaban J connectivity index is 1.99. The van der Waals surface area contributed by atoms with E-state index in [9.17, 15) is 0 Å². The predicted molar refractivity (Wildman–Crippen MR) is 96.2 cm³/mol. The standard InChI is InChI=1S/C17H27N3O2S/c1-4-19-12-18-17(23)20(13-19)10-9-14-7-8-15(21-5-2)16(11-14)22-6-3/h7-8,11H,4-6,9-10,12-13H2,1-3H3,(H,18,23)/p+1. The van der Waals surface area contributed by atoms with Gasteiger partial charge in [0.2, 0.25) is 0 Å². The molecule has 23 heavy (non-hydrogen) atoms. The molecule has 1 aliphatic heterocycles. The summed E-state index contributed by atoms with van der Waals surface area (Å²) in [4.78, 5) is 3.74. The number of thiocarbonyl (C=S) groups is 1. The SMILES string of the molecule is CCOc1ccc(CCN2C[NH+](CC)CNC2=S)cc1OCC. The quantitative estimate of drug-likeness (QED) is 0.693. The molecule has 1 aliphatic rings. The first-order valence-electron chi connectivity index (χ1n) is 8.42. The molecule has 1 aromatic carbocycles. The van der Waals surface area contributed by atoms with E-state index >= 15 is 0 Å². The summed E-state index contributed by atoms with van der Waals surface area (Å²) in [5, 5.41) is 4.16. The van der Waals surface area contributed by atoms with Crippen LogP contribution in [0.5, 0.6) is 11.5 Å². The molecule has 2 rings (SSSR count). The first kappa shape index (κ1) is 17.8. The molecule has 0 radical (unpaired) electrons. The smallest absolute Gasteiger partial charge is 0.177 e. The molecule has 0 aromatic heterocycles. The third-order valence-corrected chi connectivity index (χ3v) is 4.37. The lowest BCUT2D eigenvalue weighted by molar-refractivity contribution is -0.912. The van der Waals surface area contributed by atoms with E-state index in [4.69, 9.17) is 21.7 Å². The topological polar surface area (TPSA) is 38.2 Å². The lowest BCUT2D eigenvalue weighted by Crippen LogP contribution is -3.16. The summed E-state index contributed by atoms with van der Waals surface area (Å²) < 4.78 is 11.3. The maximum atomic E-state index is 5.70. The average Bonchev–Trinajstić information content (AvgIpc) is 2.56. The molecule has 0 bridgehead atoms. The maximum Gasteiger partial charge on any atom is 0.177 e. The first-order valence-corrected chi connectivity index (χ1v) is 8.83. The van der Waals surface area contributed by atoms with E-state index in [1.807, 2.05) is 19.9 Å². The van der Waals surface area contributed by atoms with Crippen LogP contribution in [0.25, 0.3) is 0 Å². The summed E-state index contributed by atoms with van der Waals surface area (Å²) in [7, 11) is 0. The molecule has 0 aliphatic carbocycles. The summed E-state index contributed by atoms with van der Waals surface area (Å²) in [5.74, 6) is 1.64. The number of nitrogens with zero attached hydrogens (tertiary/aromatic N) is 1. The van der Waals surface area contributed by atoms with E-state index < -0.39 is 0 Å². The molecule has 6 heteroatoms. The van der Waals surface area contributed by atoms with E-state index in [0.29, 0.717) is 13.2 Å². The highest BCUT2D eigenvalue weighted by Crippen LogP contribution is 2.28. The highest BCUT2D eigenvalue weighted by Gasteiger charge is 2.21. The van der Waals surface area contributed by atoms with Crippen molar-refractivity contribution in [2.45, 2.75) is 27.2 Å². The summed E-state index contributed by atoms with van der Waals surface area (Å²) in [6.07, 6.45) is 0.936. The highest BCUT2D eigenvalue weighted by atomic mass is 32.1. The van der Waals surface area contributed by atoms with Crippen LogP contribution in [0.1, 0.15) is 26.3 Å². The van der Waals surface area contributed by atoms with Gasteiger partial charge in [-0.15, -0.1) is 0 Å². The van der Waals surface area contributed by atoms with E-state index in [2.05, 4.69) is 29.3 Å². The predicted octanol–water partition coefficient (Wildman–Crippen LogP) is 1.04. The lowest BCUT2D eigenvalue weighted by Gasteiger charge is -2.34. The largest absolute Gasteiger partial charge is 0.490 e. The maximum absolute atomic E-state index is 5.70. The third-order valence-electron chi connectivity index (χ3n) is 3.97. The van der Waals surface area contributed by atoms with Crippen molar-refractivity contribution in [2.75, 3.05) is 39.6 Å². The molecular weight excluding hydrogens is 310 g/mol. The van der Waals surface area contributed by atoms with E-state index in [1.54, 1.807) is 0 Å². The molecular formula is C17H28N3O2S+. The summed E-state index contributed by atoms with van der Waals surface area (Å²) in [6, 6.07) is 6.19. The molecule has 1 aromatic rings. The number of rotatable bonds is 8. The van der Waals surface area contributed by atoms with Gasteiger partial charge in [0.05, 0.1) is 19.8 Å². The van der Waals surface area contributed by atoms with Crippen molar-refractivity contribution in [3.8, 4) is 11.5 Å². The Morgan fingerprint density at radius 1 is 1.17 bits per heavy atom. The molecule has 0 amide bonds. The molecule has 2 N–H and O–H groups in total. The Bertz CT molecular complexity index is 525. The van der Waals surface area contributed by atoms with Gasteiger partial charge in [0.25, 0.3) is 0 Å². The molecule has 128 valence electrons. The lowest BCUT2D eigenvalue weighted by atomic mass is 10.1. The summed E-state index contributed by atoms with van der Waals surface area (Å²) in [6.45, 7) is 11.4. The van der Waals surface area contributed by atoms with Crippen LogP contribution in [-0.4, -0.2) is 49.7 Å². The highest BCUT2D eigenvalue weighted by molar-refractivity contribution is 7.80. The molecule has 1 fully saturated rings. The summed E-state index contributed by atoms with van der Waals surface area (Å²) >= 11 is 5.42. The van der Waals surface area contributed by atoms with Gasteiger partial charge in [-0.25, -0.2) is 0 Å². The van der Waals surface area contributed by atoms with E-state index in [0.717, 1.165) is 49.5 Å². The third kappa shape index (κ3) is 4.97. The normalized spacial score (nSPS) is 17.8. The Morgan fingerprint density at radius 3 is 2.61 bits per heavy atom. The van der Waals surface area contributed by atoms with Crippen LogP contribution in [0.15, 0.2) is 18.2 Å². The van der Waals surface area contributed by atoms with Gasteiger partial charge in [-0.05, 0) is 57.1 Å². The van der Waals surface area contributed by atoms with Crippen LogP contribution in [0.4, 0.5) is 0 Å². The van der Waals surface area contributed by atoms with Crippen LogP contribution in [0.3, 0.4) is 0 Å². The number of ether oxygens (including phenoxy) is 2. The van der Waals surface area contributed by atoms with Crippen LogP contribution >= 0.6 is 12.2 Å². The van der Waals surface area contributed by atoms with Gasteiger partial charge in [0, 0.05) is 6.54 Å². The molecule has 1 atom stereocenters. The fourth-order valence-corrected chi connectivity index (χ4v) is 2.87. The monoisotopic (exact) mass is 338 g/mol.